The van der Waals surface area contributed by atoms with E-state index in [1.165, 1.54) is 6.07 Å². The van der Waals surface area contributed by atoms with E-state index in [0.29, 0.717) is 25.1 Å². The van der Waals surface area contributed by atoms with Crippen molar-refractivity contribution in [3.05, 3.63) is 29.1 Å². The summed E-state index contributed by atoms with van der Waals surface area (Å²) in [4.78, 5) is 26.7. The van der Waals surface area contributed by atoms with Gasteiger partial charge in [0.1, 0.15) is 11.7 Å². The molecule has 1 aromatic heterocycles. The highest BCUT2D eigenvalue weighted by Gasteiger charge is 2.26. The van der Waals surface area contributed by atoms with Gasteiger partial charge in [0, 0.05) is 31.7 Å². The number of pyridine rings is 1. The van der Waals surface area contributed by atoms with Gasteiger partial charge in [-0.1, -0.05) is 6.07 Å². The molecule has 7 nitrogen and oxygen atoms in total. The van der Waals surface area contributed by atoms with Crippen molar-refractivity contribution >= 4 is 11.9 Å². The van der Waals surface area contributed by atoms with Crippen molar-refractivity contribution in [1.82, 2.24) is 10.3 Å². The van der Waals surface area contributed by atoms with Gasteiger partial charge in [-0.3, -0.25) is 10.1 Å². The van der Waals surface area contributed by atoms with Crippen LogP contribution in [0.15, 0.2) is 12.1 Å². The highest BCUT2D eigenvalue weighted by atomic mass is 16.5. The molecule has 1 aromatic rings. The lowest BCUT2D eigenvalue weighted by Gasteiger charge is -2.24. The van der Waals surface area contributed by atoms with Crippen LogP contribution in [0.2, 0.25) is 0 Å². The summed E-state index contributed by atoms with van der Waals surface area (Å²) in [5.41, 5.74) is 1.46. The molecule has 0 bridgehead atoms. The van der Waals surface area contributed by atoms with Crippen molar-refractivity contribution in [1.29, 1.82) is 0 Å². The number of hydrogen-bond acceptors (Lipinski definition) is 6. The number of aliphatic hydroxyl groups is 1. The van der Waals surface area contributed by atoms with Gasteiger partial charge in [-0.15, -0.1) is 0 Å². The SMILES string of the molecule is O=C(O)c1ccc2c(n1)CC(C(=O)OCCCO)NC2. The van der Waals surface area contributed by atoms with Crippen LogP contribution in [-0.4, -0.2) is 46.4 Å². The third-order valence-corrected chi connectivity index (χ3v) is 3.06. The average molecular weight is 280 g/mol. The van der Waals surface area contributed by atoms with E-state index in [2.05, 4.69) is 10.3 Å². The van der Waals surface area contributed by atoms with Gasteiger partial charge in [-0.2, -0.15) is 0 Å². The second kappa shape index (κ2) is 6.44. The van der Waals surface area contributed by atoms with E-state index in [1.54, 1.807) is 6.07 Å². The van der Waals surface area contributed by atoms with Crippen LogP contribution in [0.5, 0.6) is 0 Å². The Hall–Kier alpha value is -1.99. The maximum absolute atomic E-state index is 11.8. The van der Waals surface area contributed by atoms with Gasteiger partial charge in [-0.05, 0) is 11.6 Å². The van der Waals surface area contributed by atoms with Gasteiger partial charge >= 0.3 is 11.9 Å². The normalized spacial score (nSPS) is 17.4. The number of fused-ring (bicyclic) bond motifs is 1. The second-order valence-electron chi connectivity index (χ2n) is 4.49. The fourth-order valence-electron chi connectivity index (χ4n) is 1.99. The summed E-state index contributed by atoms with van der Waals surface area (Å²) >= 11 is 0. The largest absolute Gasteiger partial charge is 0.477 e. The molecule has 1 atom stereocenters. The Morgan fingerprint density at radius 3 is 2.95 bits per heavy atom. The topological polar surface area (TPSA) is 109 Å². The molecule has 1 aliphatic rings. The quantitative estimate of drug-likeness (QED) is 0.502. The lowest BCUT2D eigenvalue weighted by molar-refractivity contribution is -0.146. The van der Waals surface area contributed by atoms with Crippen LogP contribution in [0.3, 0.4) is 0 Å². The molecule has 20 heavy (non-hydrogen) atoms. The lowest BCUT2D eigenvalue weighted by Crippen LogP contribution is -2.43. The van der Waals surface area contributed by atoms with Gasteiger partial charge in [-0.25, -0.2) is 9.78 Å². The Balaban J connectivity index is 2.03. The Labute approximate surface area is 115 Å². The first-order valence-corrected chi connectivity index (χ1v) is 6.35. The molecule has 0 radical (unpaired) electrons. The Morgan fingerprint density at radius 1 is 1.45 bits per heavy atom. The first-order chi connectivity index (χ1) is 9.61. The van der Waals surface area contributed by atoms with E-state index in [9.17, 15) is 9.59 Å². The molecule has 0 saturated carbocycles. The summed E-state index contributed by atoms with van der Waals surface area (Å²) in [5, 5.41) is 20.6. The summed E-state index contributed by atoms with van der Waals surface area (Å²) in [6.45, 7) is 0.586. The average Bonchev–Trinajstić information content (AvgIpc) is 2.46. The fraction of sp³-hybridized carbons (Fsp3) is 0.462. The maximum Gasteiger partial charge on any atom is 0.354 e. The van der Waals surface area contributed by atoms with Crippen molar-refractivity contribution in [3.8, 4) is 0 Å². The monoisotopic (exact) mass is 280 g/mol. The molecule has 0 amide bonds. The number of esters is 1. The van der Waals surface area contributed by atoms with Gasteiger partial charge in [0.25, 0.3) is 0 Å². The molecule has 1 unspecified atom stereocenters. The molecule has 3 N–H and O–H groups in total. The molecule has 0 aliphatic carbocycles. The minimum atomic E-state index is -1.09. The van der Waals surface area contributed by atoms with Crippen molar-refractivity contribution in [2.75, 3.05) is 13.2 Å². The number of nitrogens with one attached hydrogen (secondary N) is 1. The third kappa shape index (κ3) is 3.31. The summed E-state index contributed by atoms with van der Waals surface area (Å²) in [7, 11) is 0. The van der Waals surface area contributed by atoms with Crippen molar-refractivity contribution < 1.29 is 24.5 Å². The second-order valence-corrected chi connectivity index (χ2v) is 4.49. The zero-order valence-electron chi connectivity index (χ0n) is 10.8. The molecule has 108 valence electrons. The molecule has 0 spiro atoms. The number of nitrogens with zero attached hydrogens (tertiary/aromatic N) is 1. The summed E-state index contributed by atoms with van der Waals surface area (Å²) in [5.74, 6) is -1.50. The highest BCUT2D eigenvalue weighted by Crippen LogP contribution is 2.16. The predicted molar refractivity (Wildman–Crippen MR) is 68.2 cm³/mol. The highest BCUT2D eigenvalue weighted by molar-refractivity contribution is 5.85. The van der Waals surface area contributed by atoms with Crippen LogP contribution in [0.4, 0.5) is 0 Å². The van der Waals surface area contributed by atoms with Gasteiger partial charge < -0.3 is 14.9 Å². The summed E-state index contributed by atoms with van der Waals surface area (Å²) in [6, 6.07) is 2.62. The van der Waals surface area contributed by atoms with Crippen LogP contribution in [0.1, 0.15) is 28.2 Å². The number of aromatic nitrogens is 1. The molecular weight excluding hydrogens is 264 g/mol. The number of ether oxygens (including phenoxy) is 1. The Bertz CT molecular complexity index is 517. The van der Waals surface area contributed by atoms with Gasteiger partial charge in [0.2, 0.25) is 0 Å². The number of hydrogen-bond donors (Lipinski definition) is 3. The molecule has 1 aliphatic heterocycles. The zero-order valence-corrected chi connectivity index (χ0v) is 10.8. The lowest BCUT2D eigenvalue weighted by atomic mass is 10.0. The Kier molecular flexibility index (Phi) is 4.65. The maximum atomic E-state index is 11.8. The summed E-state index contributed by atoms with van der Waals surface area (Å²) < 4.78 is 5.01. The first kappa shape index (κ1) is 14.4. The van der Waals surface area contributed by atoms with Crippen molar-refractivity contribution in [3.63, 3.8) is 0 Å². The van der Waals surface area contributed by atoms with Gasteiger partial charge in [0.05, 0.1) is 6.61 Å². The van der Waals surface area contributed by atoms with Crippen LogP contribution in [0.25, 0.3) is 0 Å². The zero-order chi connectivity index (χ0) is 14.5. The van der Waals surface area contributed by atoms with Crippen LogP contribution < -0.4 is 5.32 Å². The summed E-state index contributed by atoms with van der Waals surface area (Å²) in [6.07, 6.45) is 0.699. The molecule has 0 fully saturated rings. The minimum Gasteiger partial charge on any atom is -0.477 e. The molecule has 2 rings (SSSR count). The predicted octanol–water partition coefficient (Wildman–Crippen LogP) is -0.280. The molecule has 7 heteroatoms. The van der Waals surface area contributed by atoms with E-state index in [1.807, 2.05) is 0 Å². The number of carboxylic acids is 1. The Morgan fingerprint density at radius 2 is 2.25 bits per heavy atom. The number of rotatable bonds is 5. The molecule has 2 heterocycles. The minimum absolute atomic E-state index is 0.0296. The number of aromatic carboxylic acids is 1. The van der Waals surface area contributed by atoms with Crippen LogP contribution in [-0.2, 0) is 22.5 Å². The number of carbonyl (C=O) groups excluding carboxylic acids is 1. The fourth-order valence-corrected chi connectivity index (χ4v) is 1.99. The molecule has 0 aromatic carbocycles. The van der Waals surface area contributed by atoms with E-state index >= 15 is 0 Å². The smallest absolute Gasteiger partial charge is 0.354 e. The standard InChI is InChI=1S/C13H16N2O5/c16-4-1-5-20-13(19)11-6-10-8(7-14-11)2-3-9(15-10)12(17)18/h2-3,11,14,16H,1,4-7H2,(H,17,18). The van der Waals surface area contributed by atoms with Gasteiger partial charge in [0.15, 0.2) is 0 Å². The van der Waals surface area contributed by atoms with Crippen molar-refractivity contribution in [2.24, 2.45) is 0 Å². The first-order valence-electron chi connectivity index (χ1n) is 6.35. The number of aliphatic hydroxyl groups excluding tert-OH is 1. The van der Waals surface area contributed by atoms with E-state index in [0.717, 1.165) is 5.56 Å². The van der Waals surface area contributed by atoms with E-state index < -0.39 is 18.0 Å². The molecule has 0 saturated heterocycles. The molecular formula is C13H16N2O5. The van der Waals surface area contributed by atoms with Crippen LogP contribution >= 0.6 is 0 Å². The van der Waals surface area contributed by atoms with Crippen molar-refractivity contribution in [2.45, 2.75) is 25.4 Å². The van der Waals surface area contributed by atoms with Crippen LogP contribution in [0, 0.1) is 0 Å². The van der Waals surface area contributed by atoms with E-state index in [-0.39, 0.29) is 18.9 Å². The number of carboxylic acid groups (broad SMARTS) is 1. The third-order valence-electron chi connectivity index (χ3n) is 3.06. The number of carbonyl (C=O) groups is 2. The van der Waals surface area contributed by atoms with E-state index in [4.69, 9.17) is 14.9 Å².